The van der Waals surface area contributed by atoms with Crippen LogP contribution >= 0.6 is 0 Å². The van der Waals surface area contributed by atoms with Crippen molar-refractivity contribution in [2.75, 3.05) is 19.6 Å². The Kier molecular flexibility index (Phi) is 5.75. The molecule has 4 rings (SSSR count). The van der Waals surface area contributed by atoms with Crippen molar-refractivity contribution in [2.45, 2.75) is 24.3 Å². The highest BCUT2D eigenvalue weighted by Crippen LogP contribution is 2.29. The van der Waals surface area contributed by atoms with Crippen molar-refractivity contribution in [3.8, 4) is 0 Å². The average Bonchev–Trinajstić information content (AvgIpc) is 3.30. The summed E-state index contributed by atoms with van der Waals surface area (Å²) in [6, 6.07) is 13.2. The van der Waals surface area contributed by atoms with E-state index in [0.29, 0.717) is 31.0 Å². The van der Waals surface area contributed by atoms with E-state index in [-0.39, 0.29) is 17.1 Å². The van der Waals surface area contributed by atoms with Crippen LogP contribution in [0.15, 0.2) is 64.6 Å². The van der Waals surface area contributed by atoms with Gasteiger partial charge in [0.2, 0.25) is 10.0 Å². The van der Waals surface area contributed by atoms with Gasteiger partial charge in [0.05, 0.1) is 34.8 Å². The van der Waals surface area contributed by atoms with Crippen LogP contribution in [0.1, 0.15) is 24.0 Å². The van der Waals surface area contributed by atoms with Gasteiger partial charge in [0.1, 0.15) is 5.84 Å². The highest BCUT2D eigenvalue weighted by Gasteiger charge is 2.27. The summed E-state index contributed by atoms with van der Waals surface area (Å²) < 4.78 is 27.0. The number of para-hydroxylation sites is 1. The van der Waals surface area contributed by atoms with Gasteiger partial charge in [-0.3, -0.25) is 10.1 Å². The molecule has 0 aromatic heterocycles. The van der Waals surface area contributed by atoms with E-state index in [1.165, 1.54) is 10.4 Å². The van der Waals surface area contributed by atoms with Crippen molar-refractivity contribution < 1.29 is 13.3 Å². The first-order chi connectivity index (χ1) is 14.9. The van der Waals surface area contributed by atoms with Crippen LogP contribution in [0.2, 0.25) is 0 Å². The van der Waals surface area contributed by atoms with E-state index < -0.39 is 14.9 Å². The van der Waals surface area contributed by atoms with E-state index >= 15 is 0 Å². The lowest BCUT2D eigenvalue weighted by molar-refractivity contribution is -0.385. The van der Waals surface area contributed by atoms with Crippen molar-refractivity contribution in [1.82, 2.24) is 9.21 Å². The molecule has 0 aliphatic carbocycles. The van der Waals surface area contributed by atoms with Gasteiger partial charge in [-0.05, 0) is 30.5 Å². The SMILES string of the molecule is NC1=NC=C(c2ccc(S(=O)(=O)N3CCCC3)cc2)N(Cc2ccccc2[N+](=O)[O-])C1. The number of hydrogen-bond acceptors (Lipinski definition) is 7. The number of nitrogens with two attached hydrogens (primary N) is 1. The Balaban J connectivity index is 1.62. The summed E-state index contributed by atoms with van der Waals surface area (Å²) in [5.74, 6) is 0.399. The highest BCUT2D eigenvalue weighted by atomic mass is 32.2. The van der Waals surface area contributed by atoms with Crippen molar-refractivity contribution in [3.05, 3.63) is 76.0 Å². The maximum Gasteiger partial charge on any atom is 0.274 e. The van der Waals surface area contributed by atoms with E-state index in [1.807, 2.05) is 4.90 Å². The Bertz CT molecular complexity index is 1150. The number of nitro groups is 1. The molecule has 2 heterocycles. The molecule has 9 nitrogen and oxygen atoms in total. The first-order valence-corrected chi connectivity index (χ1v) is 11.4. The second-order valence-corrected chi connectivity index (χ2v) is 9.45. The zero-order chi connectivity index (χ0) is 22.0. The first kappa shape index (κ1) is 21.0. The molecule has 10 heteroatoms. The minimum atomic E-state index is -3.49. The fourth-order valence-electron chi connectivity index (χ4n) is 3.85. The predicted octanol–water partition coefficient (Wildman–Crippen LogP) is 2.55. The van der Waals surface area contributed by atoms with Gasteiger partial charge in [0, 0.05) is 24.7 Å². The molecule has 2 aromatic rings. The van der Waals surface area contributed by atoms with Crippen LogP contribution in [0.3, 0.4) is 0 Å². The number of sulfonamides is 1. The molecule has 0 atom stereocenters. The molecule has 2 aromatic carbocycles. The summed E-state index contributed by atoms with van der Waals surface area (Å²) in [4.78, 5) is 17.3. The van der Waals surface area contributed by atoms with Gasteiger partial charge in [-0.15, -0.1) is 0 Å². The highest BCUT2D eigenvalue weighted by molar-refractivity contribution is 7.89. The molecular formula is C21H23N5O4S. The summed E-state index contributed by atoms with van der Waals surface area (Å²) in [5.41, 5.74) is 7.99. The molecule has 0 bridgehead atoms. The maximum absolute atomic E-state index is 12.8. The quantitative estimate of drug-likeness (QED) is 0.543. The number of rotatable bonds is 6. The summed E-state index contributed by atoms with van der Waals surface area (Å²) in [6.45, 7) is 1.68. The molecule has 2 N–H and O–H groups in total. The topological polar surface area (TPSA) is 122 Å². The molecule has 0 amide bonds. The Morgan fingerprint density at radius 2 is 1.74 bits per heavy atom. The van der Waals surface area contributed by atoms with Crippen molar-refractivity contribution in [2.24, 2.45) is 10.7 Å². The van der Waals surface area contributed by atoms with Crippen LogP contribution < -0.4 is 5.73 Å². The number of nitro benzene ring substituents is 1. The zero-order valence-corrected chi connectivity index (χ0v) is 17.7. The van der Waals surface area contributed by atoms with Crippen molar-refractivity contribution in [3.63, 3.8) is 0 Å². The van der Waals surface area contributed by atoms with E-state index in [2.05, 4.69) is 4.99 Å². The Hall–Kier alpha value is -3.24. The van der Waals surface area contributed by atoms with Crippen LogP contribution in [-0.2, 0) is 16.6 Å². The van der Waals surface area contributed by atoms with Crippen molar-refractivity contribution >= 4 is 27.2 Å². The summed E-state index contributed by atoms with van der Waals surface area (Å²) in [5, 5.41) is 11.4. The second-order valence-electron chi connectivity index (χ2n) is 7.51. The van der Waals surface area contributed by atoms with E-state index in [4.69, 9.17) is 5.73 Å². The van der Waals surface area contributed by atoms with Crippen LogP contribution in [-0.4, -0.2) is 48.0 Å². The Morgan fingerprint density at radius 3 is 2.42 bits per heavy atom. The summed E-state index contributed by atoms with van der Waals surface area (Å²) >= 11 is 0. The lowest BCUT2D eigenvalue weighted by Gasteiger charge is -2.29. The molecule has 0 unspecified atom stereocenters. The maximum atomic E-state index is 12.8. The number of aliphatic imine (C=N–C) groups is 1. The van der Waals surface area contributed by atoms with E-state index in [0.717, 1.165) is 24.1 Å². The van der Waals surface area contributed by atoms with E-state index in [1.54, 1.807) is 48.7 Å². The third-order valence-electron chi connectivity index (χ3n) is 5.45. The molecule has 2 aliphatic rings. The van der Waals surface area contributed by atoms with Crippen LogP contribution in [0.4, 0.5) is 5.69 Å². The minimum Gasteiger partial charge on any atom is -0.386 e. The molecule has 0 spiro atoms. The number of benzene rings is 2. The lowest BCUT2D eigenvalue weighted by Crippen LogP contribution is -2.35. The Labute approximate surface area is 180 Å². The minimum absolute atomic E-state index is 0.0370. The largest absolute Gasteiger partial charge is 0.386 e. The standard InChI is InChI=1S/C21H23N5O4S/c22-21-15-24(14-17-5-1-2-6-19(17)26(27)28)20(13-23-21)16-7-9-18(10-8-16)31(29,30)25-11-3-4-12-25/h1-2,5-10,13H,3-4,11-12,14-15H2,(H2,22,23). The molecule has 162 valence electrons. The predicted molar refractivity (Wildman–Crippen MR) is 118 cm³/mol. The lowest BCUT2D eigenvalue weighted by atomic mass is 10.1. The fraction of sp³-hybridized carbons (Fsp3) is 0.286. The smallest absolute Gasteiger partial charge is 0.274 e. The third-order valence-corrected chi connectivity index (χ3v) is 7.36. The number of nitrogens with zero attached hydrogens (tertiary/aromatic N) is 4. The molecule has 2 aliphatic heterocycles. The molecule has 0 radical (unpaired) electrons. The normalized spacial score (nSPS) is 17.4. The van der Waals surface area contributed by atoms with Crippen LogP contribution in [0, 0.1) is 10.1 Å². The van der Waals surface area contributed by atoms with Gasteiger partial charge >= 0.3 is 0 Å². The van der Waals surface area contributed by atoms with Gasteiger partial charge in [-0.2, -0.15) is 4.31 Å². The van der Waals surface area contributed by atoms with Gasteiger partial charge in [0.15, 0.2) is 0 Å². The number of hydrogen-bond donors (Lipinski definition) is 1. The molecule has 31 heavy (non-hydrogen) atoms. The zero-order valence-electron chi connectivity index (χ0n) is 16.8. The average molecular weight is 442 g/mol. The molecule has 1 saturated heterocycles. The Morgan fingerprint density at radius 1 is 1.06 bits per heavy atom. The van der Waals surface area contributed by atoms with Gasteiger partial charge in [0.25, 0.3) is 5.69 Å². The van der Waals surface area contributed by atoms with Gasteiger partial charge in [-0.1, -0.05) is 30.3 Å². The monoisotopic (exact) mass is 441 g/mol. The fourth-order valence-corrected chi connectivity index (χ4v) is 5.37. The van der Waals surface area contributed by atoms with Crippen molar-refractivity contribution in [1.29, 1.82) is 0 Å². The van der Waals surface area contributed by atoms with Gasteiger partial charge < -0.3 is 10.6 Å². The molecule has 1 fully saturated rings. The first-order valence-electron chi connectivity index (χ1n) is 9.96. The van der Waals surface area contributed by atoms with Crippen LogP contribution in [0.25, 0.3) is 5.70 Å². The van der Waals surface area contributed by atoms with Crippen LogP contribution in [0.5, 0.6) is 0 Å². The number of amidine groups is 1. The third kappa shape index (κ3) is 4.30. The molecular weight excluding hydrogens is 418 g/mol. The van der Waals surface area contributed by atoms with Gasteiger partial charge in [-0.25, -0.2) is 13.4 Å². The summed E-state index contributed by atoms with van der Waals surface area (Å²) in [6.07, 6.45) is 3.37. The second kappa shape index (κ2) is 8.48. The summed E-state index contributed by atoms with van der Waals surface area (Å²) in [7, 11) is -3.49. The van der Waals surface area contributed by atoms with E-state index in [9.17, 15) is 18.5 Å². The molecule has 0 saturated carbocycles.